The Balaban J connectivity index is 2.56. The zero-order chi connectivity index (χ0) is 6.97. The third kappa shape index (κ3) is 1.69. The maximum atomic E-state index is 5.24. The molecule has 0 saturated carbocycles. The molecule has 52 valence electrons. The summed E-state index contributed by atoms with van der Waals surface area (Å²) < 4.78 is 4.97. The second-order valence-electron chi connectivity index (χ2n) is 1.54. The fraction of sp³-hybridized carbons (Fsp3) is 0. The van der Waals surface area contributed by atoms with E-state index in [1.807, 2.05) is 0 Å². The monoisotopic (exact) mass is 414 g/mol. The van der Waals surface area contributed by atoms with Crippen molar-refractivity contribution in [3.63, 3.8) is 0 Å². The van der Waals surface area contributed by atoms with Gasteiger partial charge in [-0.2, -0.15) is 0 Å². The van der Waals surface area contributed by atoms with Crippen LogP contribution in [0.4, 0.5) is 0 Å². The molecule has 0 fully saturated rings. The summed E-state index contributed by atoms with van der Waals surface area (Å²) >= 11 is 7.95. The van der Waals surface area contributed by atoms with Gasteiger partial charge >= 0.3 is 90.0 Å². The van der Waals surface area contributed by atoms with Gasteiger partial charge in [0, 0.05) is 0 Å². The molecule has 0 nitrogen and oxygen atoms in total. The first kappa shape index (κ1) is 8.26. The molecule has 0 amide bonds. The predicted molar refractivity (Wildman–Crippen MR) is 51.1 cm³/mol. The molecule has 1 aliphatic rings. The van der Waals surface area contributed by atoms with Crippen LogP contribution in [-0.4, -0.2) is 58.9 Å². The summed E-state index contributed by atoms with van der Waals surface area (Å²) in [5.74, 6) is 0. The number of fused-ring (bicyclic) bond motifs is 1. The molecular weight excluding hydrogens is 408 g/mol. The van der Waals surface area contributed by atoms with Gasteiger partial charge in [-0.25, -0.2) is 0 Å². The van der Waals surface area contributed by atoms with E-state index in [2.05, 4.69) is 9.95 Å². The molecule has 0 aromatic carbocycles. The molecule has 10 heavy (non-hydrogen) atoms. The minimum absolute atomic E-state index is 0.650. The van der Waals surface area contributed by atoms with Crippen molar-refractivity contribution in [2.24, 2.45) is 0 Å². The van der Waals surface area contributed by atoms with E-state index < -0.39 is 0 Å². The Morgan fingerprint density at radius 3 is 2.00 bits per heavy atom. The van der Waals surface area contributed by atoms with Crippen LogP contribution in [0.25, 0.3) is 0 Å². The van der Waals surface area contributed by atoms with Crippen LogP contribution in [0.15, 0.2) is 9.95 Å². The summed E-state index contributed by atoms with van der Waals surface area (Å²) in [4.78, 5) is 4.75. The first-order valence-electron chi connectivity index (χ1n) is 2.48. The zero-order valence-corrected chi connectivity index (χ0v) is 12.4. The Morgan fingerprint density at radius 1 is 1.00 bits per heavy atom. The predicted octanol–water partition coefficient (Wildman–Crippen LogP) is -1.33. The fourth-order valence-electron chi connectivity index (χ4n) is 0.579. The molecule has 1 aliphatic heterocycles. The summed E-state index contributed by atoms with van der Waals surface area (Å²) in [6.07, 6.45) is 0. The normalized spacial score (nSPS) is 15.2. The standard InChI is InChI=1S/C5H2SSe4/c6-5-9-3-4(10-5)8-2-1-7-3/h1-2H. The topological polar surface area (TPSA) is 0 Å². The van der Waals surface area contributed by atoms with Crippen molar-refractivity contribution in [3.05, 3.63) is 12.2 Å². The van der Waals surface area contributed by atoms with Crippen LogP contribution in [0.3, 0.4) is 0 Å². The van der Waals surface area contributed by atoms with E-state index in [0.717, 1.165) is 0 Å². The van der Waals surface area contributed by atoms with Crippen molar-refractivity contribution < 1.29 is 0 Å². The molecule has 5 heteroatoms. The molecule has 1 aromatic rings. The molecule has 2 rings (SSSR count). The van der Waals surface area contributed by atoms with Gasteiger partial charge in [-0.15, -0.1) is 0 Å². The molecule has 0 spiro atoms. The van der Waals surface area contributed by atoms with E-state index in [0.29, 0.717) is 58.9 Å². The molecule has 0 saturated heterocycles. The third-order valence-electron chi connectivity index (χ3n) is 0.924. The van der Waals surface area contributed by atoms with Gasteiger partial charge in [-0.3, -0.25) is 0 Å². The van der Waals surface area contributed by atoms with Crippen LogP contribution in [-0.2, 0) is 0 Å². The van der Waals surface area contributed by atoms with E-state index >= 15 is 0 Å². The van der Waals surface area contributed by atoms with E-state index in [1.54, 1.807) is 6.67 Å². The Labute approximate surface area is 88.9 Å². The number of hydrogen-bond acceptors (Lipinski definition) is 1. The third-order valence-corrected chi connectivity index (χ3v) is 16.2. The van der Waals surface area contributed by atoms with Gasteiger partial charge < -0.3 is 0 Å². The van der Waals surface area contributed by atoms with Gasteiger partial charge in [0.2, 0.25) is 0 Å². The Bertz CT molecular complexity index is 292. The van der Waals surface area contributed by atoms with Gasteiger partial charge in [0.25, 0.3) is 0 Å². The van der Waals surface area contributed by atoms with E-state index in [1.165, 1.54) is 2.26 Å². The molecule has 0 unspecified atom stereocenters. The Hall–Kier alpha value is 1.65. The quantitative estimate of drug-likeness (QED) is 0.378. The molecule has 0 atom stereocenters. The van der Waals surface area contributed by atoms with E-state index in [-0.39, 0.29) is 0 Å². The van der Waals surface area contributed by atoms with Crippen molar-refractivity contribution in [1.29, 1.82) is 0 Å². The Morgan fingerprint density at radius 2 is 1.50 bits per heavy atom. The molecule has 0 aliphatic carbocycles. The summed E-state index contributed by atoms with van der Waals surface area (Å²) in [5, 5.41) is 0. The van der Waals surface area contributed by atoms with Crippen molar-refractivity contribution in [2.45, 2.75) is 0 Å². The van der Waals surface area contributed by atoms with Gasteiger partial charge in [0.1, 0.15) is 0 Å². The zero-order valence-electron chi connectivity index (χ0n) is 4.70. The summed E-state index contributed by atoms with van der Waals surface area (Å²) in [7, 11) is 0. The van der Waals surface area contributed by atoms with Crippen molar-refractivity contribution in [3.8, 4) is 0 Å². The van der Waals surface area contributed by atoms with Crippen LogP contribution in [0.5, 0.6) is 0 Å². The molecule has 0 bridgehead atoms. The van der Waals surface area contributed by atoms with Crippen LogP contribution in [0.2, 0.25) is 0 Å². The van der Waals surface area contributed by atoms with E-state index in [9.17, 15) is 0 Å². The average molecular weight is 410 g/mol. The molecule has 2 heterocycles. The first-order chi connectivity index (χ1) is 4.86. The summed E-state index contributed by atoms with van der Waals surface area (Å²) in [6, 6.07) is 0. The van der Waals surface area contributed by atoms with Crippen LogP contribution in [0.1, 0.15) is 0 Å². The second kappa shape index (κ2) is 3.58. The van der Waals surface area contributed by atoms with Crippen molar-refractivity contribution in [2.75, 3.05) is 0 Å². The van der Waals surface area contributed by atoms with Crippen LogP contribution >= 0.6 is 12.2 Å². The van der Waals surface area contributed by atoms with Gasteiger partial charge in [-0.05, 0) is 0 Å². The SMILES string of the molecule is S=c1[se]c2c([se]1)[Se]C=C[Se]2. The van der Waals surface area contributed by atoms with Gasteiger partial charge in [0.15, 0.2) is 0 Å². The van der Waals surface area contributed by atoms with Crippen LogP contribution < -0.4 is 6.67 Å². The summed E-state index contributed by atoms with van der Waals surface area (Å²) in [6.45, 7) is 0. The first-order valence-corrected chi connectivity index (χ1v) is 10.0. The molecule has 0 radical (unpaired) electrons. The number of rotatable bonds is 0. The Kier molecular flexibility index (Phi) is 2.95. The average Bonchev–Trinajstić information content (AvgIpc) is 2.27. The fourth-order valence-corrected chi connectivity index (χ4v) is 19.4. The maximum absolute atomic E-state index is 5.24. The second-order valence-corrected chi connectivity index (χ2v) is 15.2. The molecule has 1 aromatic heterocycles. The van der Waals surface area contributed by atoms with Crippen molar-refractivity contribution in [1.82, 2.24) is 0 Å². The molecular formula is C5H2SSe4. The van der Waals surface area contributed by atoms with E-state index in [4.69, 9.17) is 12.2 Å². The van der Waals surface area contributed by atoms with Gasteiger partial charge in [-0.1, -0.05) is 0 Å². The summed E-state index contributed by atoms with van der Waals surface area (Å²) in [5.41, 5.74) is 0. The van der Waals surface area contributed by atoms with Gasteiger partial charge in [0.05, 0.1) is 0 Å². The number of hydrogen-bond donors (Lipinski definition) is 0. The van der Waals surface area contributed by atoms with Crippen molar-refractivity contribution >= 4 is 77.8 Å². The minimum atomic E-state index is 0.650. The van der Waals surface area contributed by atoms with Crippen LogP contribution in [0, 0.1) is 2.26 Å². The molecule has 0 N–H and O–H groups in total.